The summed E-state index contributed by atoms with van der Waals surface area (Å²) in [6.07, 6.45) is -7.32. The van der Waals surface area contributed by atoms with E-state index >= 15 is 0 Å². The zero-order valence-electron chi connectivity index (χ0n) is 25.7. The number of hydrogen-bond donors (Lipinski definition) is 1. The van der Waals surface area contributed by atoms with Crippen LogP contribution in [0.25, 0.3) is 0 Å². The third-order valence-corrected chi connectivity index (χ3v) is 5.52. The standard InChI is InChI=1S/C28H46O12/c1-25(2,3)21(31)36-13-15-17(38-22(32)26(4,5)6)18(39-23(33)27(7,8)9)19(40-24(34)28(10,11)12)20(37-15)35-14-16(29)30/h15,17-20H,13-14H2,1-12H3,(H,29,30)/t15-,17-,18+,19-,20+/m1/s1. The van der Waals surface area contributed by atoms with Gasteiger partial charge in [-0.1, -0.05) is 0 Å². The minimum Gasteiger partial charge on any atom is -0.480 e. The molecule has 1 aliphatic heterocycles. The van der Waals surface area contributed by atoms with Gasteiger partial charge in [-0.25, -0.2) is 4.79 Å². The van der Waals surface area contributed by atoms with Crippen LogP contribution < -0.4 is 0 Å². The lowest BCUT2D eigenvalue weighted by molar-refractivity contribution is -0.311. The van der Waals surface area contributed by atoms with Crippen LogP contribution in [0.3, 0.4) is 0 Å². The van der Waals surface area contributed by atoms with Gasteiger partial charge in [-0.05, 0) is 83.1 Å². The van der Waals surface area contributed by atoms with Crippen molar-refractivity contribution in [3.05, 3.63) is 0 Å². The van der Waals surface area contributed by atoms with Crippen molar-refractivity contribution in [3.63, 3.8) is 0 Å². The van der Waals surface area contributed by atoms with Crippen LogP contribution >= 0.6 is 0 Å². The molecule has 0 aromatic heterocycles. The summed E-state index contributed by atoms with van der Waals surface area (Å²) in [7, 11) is 0. The van der Waals surface area contributed by atoms with Gasteiger partial charge in [0.15, 0.2) is 24.6 Å². The van der Waals surface area contributed by atoms with Gasteiger partial charge in [-0.2, -0.15) is 0 Å². The first-order chi connectivity index (χ1) is 17.9. The third-order valence-electron chi connectivity index (χ3n) is 5.52. The fourth-order valence-electron chi connectivity index (χ4n) is 2.98. The lowest BCUT2D eigenvalue weighted by Gasteiger charge is -2.45. The minimum atomic E-state index is -1.58. The fraction of sp³-hybridized carbons (Fsp3) is 0.821. The first kappa shape index (κ1) is 35.3. The van der Waals surface area contributed by atoms with Gasteiger partial charge in [-0.15, -0.1) is 0 Å². The van der Waals surface area contributed by atoms with Crippen LogP contribution in [0.4, 0.5) is 0 Å². The van der Waals surface area contributed by atoms with Gasteiger partial charge in [0.2, 0.25) is 0 Å². The average molecular weight is 575 g/mol. The van der Waals surface area contributed by atoms with Crippen LogP contribution in [0.5, 0.6) is 0 Å². The van der Waals surface area contributed by atoms with Crippen molar-refractivity contribution in [3.8, 4) is 0 Å². The maximum absolute atomic E-state index is 13.1. The SMILES string of the molecule is CC(C)(C)C(=O)OC[C@H]1O[C@H](OCC(=O)O)[C@H](OC(=O)C(C)(C)C)[C@@H](OC(=O)C(C)(C)C)[C@@H]1OC(=O)C(C)(C)C. The molecule has 0 spiro atoms. The Hall–Kier alpha value is -2.73. The first-order valence-corrected chi connectivity index (χ1v) is 13.1. The highest BCUT2D eigenvalue weighted by molar-refractivity contribution is 5.78. The van der Waals surface area contributed by atoms with Crippen molar-refractivity contribution in [2.45, 2.75) is 114 Å². The van der Waals surface area contributed by atoms with Crippen molar-refractivity contribution in [2.24, 2.45) is 21.7 Å². The normalized spacial score (nSPS) is 24.1. The Morgan fingerprint density at radius 3 is 1.35 bits per heavy atom. The monoisotopic (exact) mass is 574 g/mol. The molecule has 1 aliphatic rings. The summed E-state index contributed by atoms with van der Waals surface area (Å²) < 4.78 is 34.1. The summed E-state index contributed by atoms with van der Waals surface area (Å²) in [5.74, 6) is -4.10. The minimum absolute atomic E-state index is 0.464. The van der Waals surface area contributed by atoms with Crippen LogP contribution in [0.15, 0.2) is 0 Å². The molecule has 5 atom stereocenters. The van der Waals surface area contributed by atoms with E-state index in [4.69, 9.17) is 28.4 Å². The lowest BCUT2D eigenvalue weighted by atomic mass is 9.93. The van der Waals surface area contributed by atoms with Crippen molar-refractivity contribution < 1.29 is 57.5 Å². The number of esters is 4. The number of carboxylic acids is 1. The maximum Gasteiger partial charge on any atom is 0.329 e. The molecule has 1 rings (SSSR count). The van der Waals surface area contributed by atoms with Crippen molar-refractivity contribution >= 4 is 29.8 Å². The Kier molecular flexibility index (Phi) is 11.3. The Bertz CT molecular complexity index is 942. The number of aliphatic carboxylic acids is 1. The summed E-state index contributed by atoms with van der Waals surface area (Å²) in [6, 6.07) is 0. The van der Waals surface area contributed by atoms with Crippen LogP contribution in [-0.2, 0) is 52.4 Å². The molecule has 0 aliphatic carbocycles. The molecule has 1 fully saturated rings. The molecule has 0 unspecified atom stereocenters. The van der Waals surface area contributed by atoms with E-state index in [2.05, 4.69) is 0 Å². The molecule has 0 radical (unpaired) electrons. The van der Waals surface area contributed by atoms with E-state index in [1.54, 1.807) is 83.1 Å². The molecule has 1 heterocycles. The van der Waals surface area contributed by atoms with Gasteiger partial charge in [0.1, 0.15) is 19.3 Å². The van der Waals surface area contributed by atoms with Crippen molar-refractivity contribution in [2.75, 3.05) is 13.2 Å². The molecule has 1 N–H and O–H groups in total. The summed E-state index contributed by atoms with van der Waals surface area (Å²) in [4.78, 5) is 63.0. The summed E-state index contributed by atoms with van der Waals surface area (Å²) in [5, 5.41) is 9.24. The Morgan fingerprint density at radius 2 is 0.975 bits per heavy atom. The Balaban J connectivity index is 3.71. The molecule has 0 amide bonds. The van der Waals surface area contributed by atoms with Gasteiger partial charge in [0, 0.05) is 0 Å². The zero-order chi connectivity index (χ0) is 31.4. The number of rotatable bonds is 8. The molecule has 0 saturated carbocycles. The third kappa shape index (κ3) is 10.3. The molecule has 230 valence electrons. The predicted molar refractivity (Wildman–Crippen MR) is 141 cm³/mol. The number of carboxylic acid groups (broad SMARTS) is 1. The molecule has 1 saturated heterocycles. The zero-order valence-corrected chi connectivity index (χ0v) is 25.7. The Labute approximate surface area is 236 Å². The summed E-state index contributed by atoms with van der Waals surface area (Å²) >= 11 is 0. The van der Waals surface area contributed by atoms with E-state index in [-0.39, 0.29) is 0 Å². The largest absolute Gasteiger partial charge is 0.480 e. The molecule has 40 heavy (non-hydrogen) atoms. The average Bonchev–Trinajstić information content (AvgIpc) is 2.76. The number of hydrogen-bond acceptors (Lipinski definition) is 11. The van der Waals surface area contributed by atoms with E-state index in [9.17, 15) is 29.1 Å². The van der Waals surface area contributed by atoms with E-state index < -0.39 is 95.4 Å². The molecule has 0 bridgehead atoms. The molecule has 0 aromatic rings. The summed E-state index contributed by atoms with van der Waals surface area (Å²) in [5.41, 5.74) is -3.93. The number of ether oxygens (including phenoxy) is 6. The quantitative estimate of drug-likeness (QED) is 0.333. The fourth-order valence-corrected chi connectivity index (χ4v) is 2.98. The highest BCUT2D eigenvalue weighted by Crippen LogP contribution is 2.34. The molecule has 0 aromatic carbocycles. The molecule has 12 heteroatoms. The first-order valence-electron chi connectivity index (χ1n) is 13.1. The van der Waals surface area contributed by atoms with E-state index in [0.717, 1.165) is 0 Å². The lowest BCUT2D eigenvalue weighted by Crippen LogP contribution is -2.64. The molecule has 12 nitrogen and oxygen atoms in total. The van der Waals surface area contributed by atoms with Crippen LogP contribution in [0.2, 0.25) is 0 Å². The van der Waals surface area contributed by atoms with Crippen molar-refractivity contribution in [1.29, 1.82) is 0 Å². The van der Waals surface area contributed by atoms with Crippen LogP contribution in [-0.4, -0.2) is 78.9 Å². The highest BCUT2D eigenvalue weighted by atomic mass is 16.7. The van der Waals surface area contributed by atoms with E-state index in [1.807, 2.05) is 0 Å². The number of carbonyl (C=O) groups excluding carboxylic acids is 4. The summed E-state index contributed by atoms with van der Waals surface area (Å²) in [6.45, 7) is 18.0. The van der Waals surface area contributed by atoms with Gasteiger partial charge in [0.05, 0.1) is 21.7 Å². The van der Waals surface area contributed by atoms with Gasteiger partial charge in [0.25, 0.3) is 0 Å². The van der Waals surface area contributed by atoms with Gasteiger partial charge >= 0.3 is 29.8 Å². The maximum atomic E-state index is 13.1. The van der Waals surface area contributed by atoms with Crippen LogP contribution in [0, 0.1) is 21.7 Å². The predicted octanol–water partition coefficient (Wildman–Crippen LogP) is 3.28. The highest BCUT2D eigenvalue weighted by Gasteiger charge is 2.55. The van der Waals surface area contributed by atoms with Crippen LogP contribution in [0.1, 0.15) is 83.1 Å². The second-order valence-corrected chi connectivity index (χ2v) is 14.0. The number of carbonyl (C=O) groups is 5. The second-order valence-electron chi connectivity index (χ2n) is 14.0. The smallest absolute Gasteiger partial charge is 0.329 e. The Morgan fingerprint density at radius 1 is 0.600 bits per heavy atom. The van der Waals surface area contributed by atoms with E-state index in [1.165, 1.54) is 0 Å². The molecular formula is C28H46O12. The topological polar surface area (TPSA) is 161 Å². The van der Waals surface area contributed by atoms with Gasteiger partial charge in [-0.3, -0.25) is 19.2 Å². The van der Waals surface area contributed by atoms with Gasteiger partial charge < -0.3 is 33.5 Å². The second kappa shape index (κ2) is 12.8. The molecular weight excluding hydrogens is 528 g/mol. The van der Waals surface area contributed by atoms with Crippen molar-refractivity contribution in [1.82, 2.24) is 0 Å². The van der Waals surface area contributed by atoms with E-state index in [0.29, 0.717) is 0 Å².